The van der Waals surface area contributed by atoms with Gasteiger partial charge in [0.2, 0.25) is 0 Å². The van der Waals surface area contributed by atoms with Crippen LogP contribution in [0.2, 0.25) is 5.02 Å². The Morgan fingerprint density at radius 2 is 1.37 bits per heavy atom. The zero-order valence-corrected chi connectivity index (χ0v) is 28.1. The summed E-state index contributed by atoms with van der Waals surface area (Å²) in [6, 6.07) is 22.2. The number of anilines is 3. The van der Waals surface area contributed by atoms with Gasteiger partial charge in [-0.25, -0.2) is 0 Å². The first-order valence-electron chi connectivity index (χ1n) is 15.5. The summed E-state index contributed by atoms with van der Waals surface area (Å²) in [5, 5.41) is 4.75. The van der Waals surface area contributed by atoms with Gasteiger partial charge in [-0.1, -0.05) is 41.9 Å². The van der Waals surface area contributed by atoms with Crippen LogP contribution in [0.15, 0.2) is 77.7 Å². The number of fused-ring (bicyclic) bond motifs is 1. The molecule has 0 heterocycles. The first-order chi connectivity index (χ1) is 21.8. The van der Waals surface area contributed by atoms with Gasteiger partial charge in [-0.15, -0.1) is 0 Å². The molecule has 6 nitrogen and oxygen atoms in total. The first-order valence-corrected chi connectivity index (χ1v) is 17.4. The van der Waals surface area contributed by atoms with E-state index in [2.05, 4.69) is 67.1 Å². The summed E-state index contributed by atoms with van der Waals surface area (Å²) in [5.41, 5.74) is 5.17. The maximum atomic E-state index is 12.8. The Morgan fingerprint density at radius 3 is 1.93 bits per heavy atom. The summed E-state index contributed by atoms with van der Waals surface area (Å²) in [4.78, 5) is 4.14. The summed E-state index contributed by atoms with van der Waals surface area (Å²) in [6.07, 6.45) is -5.37. The minimum atomic E-state index is -4.54. The summed E-state index contributed by atoms with van der Waals surface area (Å²) in [6.45, 7) is 11.7. The second-order valence-electron chi connectivity index (χ2n) is 11.1. The van der Waals surface area contributed by atoms with Crippen LogP contribution in [0.25, 0.3) is 10.8 Å². The highest BCUT2D eigenvalue weighted by atomic mass is 35.5. The van der Waals surface area contributed by atoms with Crippen LogP contribution < -0.4 is 15.1 Å². The van der Waals surface area contributed by atoms with Crippen molar-refractivity contribution in [2.24, 2.45) is 0 Å². The third-order valence-corrected chi connectivity index (χ3v) is 9.54. The Bertz CT molecular complexity index is 1740. The van der Waals surface area contributed by atoms with Crippen LogP contribution in [-0.2, 0) is 10.1 Å². The molecule has 4 aromatic rings. The van der Waals surface area contributed by atoms with Gasteiger partial charge < -0.3 is 15.1 Å². The molecule has 1 atom stereocenters. The number of hydrogen-bond donors (Lipinski definition) is 2. The lowest BCUT2D eigenvalue weighted by Crippen LogP contribution is -2.22. The lowest BCUT2D eigenvalue weighted by Gasteiger charge is -2.27. The van der Waals surface area contributed by atoms with Gasteiger partial charge in [0.05, 0.1) is 4.90 Å². The molecule has 1 unspecified atom stereocenters. The van der Waals surface area contributed by atoms with Gasteiger partial charge in [0.15, 0.2) is 0 Å². The topological polar surface area (TPSA) is 72.9 Å². The third-order valence-electron chi connectivity index (χ3n) is 8.36. The summed E-state index contributed by atoms with van der Waals surface area (Å²) in [7, 11) is -4.54. The van der Waals surface area contributed by atoms with Gasteiger partial charge in [0.25, 0.3) is 10.1 Å². The van der Waals surface area contributed by atoms with E-state index in [0.29, 0.717) is 21.5 Å². The van der Waals surface area contributed by atoms with Crippen molar-refractivity contribution >= 4 is 49.6 Å². The largest absolute Gasteiger partial charge is 0.389 e. The molecule has 0 amide bonds. The molecular weight excluding hydrogens is 635 g/mol. The highest BCUT2D eigenvalue weighted by Gasteiger charge is 2.27. The molecule has 0 aliphatic carbocycles. The Labute approximate surface area is 274 Å². The fourth-order valence-corrected chi connectivity index (χ4v) is 6.75. The monoisotopic (exact) mass is 675 g/mol. The van der Waals surface area contributed by atoms with Crippen LogP contribution in [0, 0.1) is 0 Å². The fraction of sp³-hybridized carbons (Fsp3) is 0.371. The predicted octanol–water partition coefficient (Wildman–Crippen LogP) is 9.37. The second-order valence-corrected chi connectivity index (χ2v) is 12.9. The van der Waals surface area contributed by atoms with Crippen LogP contribution in [0.3, 0.4) is 0 Å². The summed E-state index contributed by atoms with van der Waals surface area (Å²) in [5.74, 6) is -0.373. The number of rotatable bonds is 14. The van der Waals surface area contributed by atoms with Crippen LogP contribution in [0.5, 0.6) is 0 Å². The quantitative estimate of drug-likeness (QED) is 0.0788. The van der Waals surface area contributed by atoms with Crippen molar-refractivity contribution in [2.75, 3.05) is 47.8 Å². The van der Waals surface area contributed by atoms with Crippen molar-refractivity contribution < 1.29 is 26.1 Å². The van der Waals surface area contributed by atoms with Crippen LogP contribution in [-0.4, -0.2) is 51.9 Å². The average molecular weight is 676 g/mol. The first kappa shape index (κ1) is 35.4. The lowest BCUT2D eigenvalue weighted by atomic mass is 9.82. The van der Waals surface area contributed by atoms with Crippen molar-refractivity contribution in [2.45, 2.75) is 57.5 Å². The van der Waals surface area contributed by atoms with Gasteiger partial charge in [-0.2, -0.15) is 21.6 Å². The maximum absolute atomic E-state index is 12.8. The maximum Gasteiger partial charge on any atom is 0.389 e. The van der Waals surface area contributed by atoms with Crippen LogP contribution in [0.4, 0.5) is 30.2 Å². The molecular formula is C35H41ClF3N3O3S. The number of hydrogen-bond acceptors (Lipinski definition) is 5. The Kier molecular flexibility index (Phi) is 11.5. The highest BCUT2D eigenvalue weighted by molar-refractivity contribution is 7.85. The molecule has 11 heteroatoms. The molecule has 0 aliphatic rings. The van der Waals surface area contributed by atoms with Gasteiger partial charge in [-0.05, 0) is 98.7 Å². The number of benzene rings is 4. The smallest absolute Gasteiger partial charge is 0.385 e. The van der Waals surface area contributed by atoms with Gasteiger partial charge in [-0.3, -0.25) is 4.55 Å². The number of halogens is 4. The molecule has 4 rings (SSSR count). The van der Waals surface area contributed by atoms with E-state index < -0.39 is 22.7 Å². The molecule has 0 radical (unpaired) electrons. The Balaban J connectivity index is 1.92. The molecule has 0 saturated carbocycles. The molecule has 0 spiro atoms. The van der Waals surface area contributed by atoms with Crippen molar-refractivity contribution in [1.82, 2.24) is 0 Å². The molecule has 0 aliphatic heterocycles. The summed E-state index contributed by atoms with van der Waals surface area (Å²) >= 11 is 7.05. The molecule has 4 aromatic carbocycles. The van der Waals surface area contributed by atoms with E-state index in [1.165, 1.54) is 12.1 Å². The normalized spacial score (nSPS) is 12.7. The molecule has 0 bridgehead atoms. The zero-order chi connectivity index (χ0) is 33.6. The highest BCUT2D eigenvalue weighted by Crippen LogP contribution is 2.43. The number of alkyl halides is 3. The molecule has 2 N–H and O–H groups in total. The fourth-order valence-electron chi connectivity index (χ4n) is 5.96. The minimum Gasteiger partial charge on any atom is -0.385 e. The Morgan fingerprint density at radius 1 is 0.783 bits per heavy atom. The molecule has 46 heavy (non-hydrogen) atoms. The van der Waals surface area contributed by atoms with Crippen LogP contribution in [0.1, 0.15) is 63.1 Å². The zero-order valence-electron chi connectivity index (χ0n) is 26.5. The third kappa shape index (κ3) is 8.27. The predicted molar refractivity (Wildman–Crippen MR) is 184 cm³/mol. The van der Waals surface area contributed by atoms with Crippen molar-refractivity contribution in [3.05, 3.63) is 94.5 Å². The molecule has 0 aromatic heterocycles. The minimum absolute atomic E-state index is 0.0267. The van der Waals surface area contributed by atoms with Crippen molar-refractivity contribution in [3.63, 3.8) is 0 Å². The van der Waals surface area contributed by atoms with Gasteiger partial charge >= 0.3 is 6.18 Å². The molecule has 248 valence electrons. The van der Waals surface area contributed by atoms with Crippen molar-refractivity contribution in [1.29, 1.82) is 0 Å². The Hall–Kier alpha value is -3.47. The lowest BCUT2D eigenvalue weighted by molar-refractivity contribution is -0.134. The SMILES string of the molecule is CCN(CC)c1ccc(C(c2ccc(N(CC)CC)cc2Cl)c2ccc(NCCCC(F)(F)F)c3cc(S(=O)(=O)O)ccc23)cc1. The standard InChI is InChI=1S/C35H41ClF3N3O3S/c1-5-41(6-2)25-12-10-24(11-13-25)34(30-16-14-26(22-32(30)36)42(7-3)8-4)29-18-19-33(40-21-9-20-35(37,38)39)31-23-27(46(43,44)45)15-17-28(29)31/h10-19,22-23,34,40H,5-9,20-21H2,1-4H3,(H,43,44,45). The van der Waals surface area contributed by atoms with Crippen molar-refractivity contribution in [3.8, 4) is 0 Å². The average Bonchev–Trinajstić information content (AvgIpc) is 3.01. The van der Waals surface area contributed by atoms with Crippen LogP contribution >= 0.6 is 11.6 Å². The van der Waals surface area contributed by atoms with E-state index in [1.807, 2.05) is 24.3 Å². The van der Waals surface area contributed by atoms with E-state index >= 15 is 0 Å². The van der Waals surface area contributed by atoms with E-state index in [4.69, 9.17) is 11.6 Å². The number of nitrogens with one attached hydrogen (secondary N) is 1. The van der Waals surface area contributed by atoms with E-state index in [1.54, 1.807) is 12.1 Å². The van der Waals surface area contributed by atoms with E-state index in [9.17, 15) is 26.1 Å². The number of nitrogens with zero attached hydrogens (tertiary/aromatic N) is 2. The molecule has 0 saturated heterocycles. The van der Waals surface area contributed by atoms with Gasteiger partial charge in [0, 0.05) is 72.5 Å². The molecule has 0 fully saturated rings. The van der Waals surface area contributed by atoms with E-state index in [-0.39, 0.29) is 23.8 Å². The van der Waals surface area contributed by atoms with E-state index in [0.717, 1.165) is 54.2 Å². The second kappa shape index (κ2) is 15.0. The summed E-state index contributed by atoms with van der Waals surface area (Å²) < 4.78 is 72.5. The van der Waals surface area contributed by atoms with Gasteiger partial charge in [0.1, 0.15) is 0 Å².